The zero-order chi connectivity index (χ0) is 20.0. The molecule has 2 aliphatic rings. The Hall–Kier alpha value is -2.29. The van der Waals surface area contributed by atoms with Crippen LogP contribution in [0, 0.1) is 6.92 Å². The van der Waals surface area contributed by atoms with Crippen LogP contribution in [-0.2, 0) is 23.1 Å². The number of rotatable bonds is 2. The third-order valence-corrected chi connectivity index (χ3v) is 6.41. The van der Waals surface area contributed by atoms with Crippen molar-refractivity contribution in [3.63, 3.8) is 0 Å². The fourth-order valence-electron chi connectivity index (χ4n) is 4.59. The monoisotopic (exact) mass is 397 g/mol. The van der Waals surface area contributed by atoms with Crippen LogP contribution < -0.4 is 5.56 Å². The molecule has 0 N–H and O–H groups in total. The normalized spacial score (nSPS) is 20.5. The van der Waals surface area contributed by atoms with Gasteiger partial charge >= 0.3 is 0 Å². The molecule has 0 bridgehead atoms. The van der Waals surface area contributed by atoms with Crippen LogP contribution in [0.1, 0.15) is 30.7 Å². The summed E-state index contributed by atoms with van der Waals surface area (Å²) in [7, 11) is 1.76. The largest absolute Gasteiger partial charge is 0.381 e. The van der Waals surface area contributed by atoms with Gasteiger partial charge in [0.05, 0.1) is 29.7 Å². The molecule has 2 fully saturated rings. The molecule has 4 heterocycles. The standard InChI is InChI=1S/C21H27N5O3/c1-15-3-4-17-16(13-15)19(27)24(2)20-23-22-18(26(17)20)14-25-8-5-21(29-12-9-25)6-10-28-11-7-21/h3-4,13H,5-12,14H2,1-2H3. The van der Waals surface area contributed by atoms with Crippen molar-refractivity contribution in [3.05, 3.63) is 39.9 Å². The number of aromatic nitrogens is 4. The van der Waals surface area contributed by atoms with Crippen LogP contribution in [0.5, 0.6) is 0 Å². The third-order valence-electron chi connectivity index (χ3n) is 6.41. The first-order valence-corrected chi connectivity index (χ1v) is 10.3. The maximum absolute atomic E-state index is 12.8. The lowest BCUT2D eigenvalue weighted by Crippen LogP contribution is -2.39. The van der Waals surface area contributed by atoms with Crippen LogP contribution in [0.4, 0.5) is 0 Å². The van der Waals surface area contributed by atoms with Gasteiger partial charge in [-0.25, -0.2) is 0 Å². The van der Waals surface area contributed by atoms with Gasteiger partial charge in [0.25, 0.3) is 5.56 Å². The molecule has 0 saturated carbocycles. The summed E-state index contributed by atoms with van der Waals surface area (Å²) in [6, 6.07) is 5.96. The van der Waals surface area contributed by atoms with E-state index in [2.05, 4.69) is 15.1 Å². The SMILES string of the molecule is Cc1ccc2c(c1)c(=O)n(C)c1nnc(CN3CCOC4(CCOCC4)CC3)n21. The molecule has 8 nitrogen and oxygen atoms in total. The molecule has 0 amide bonds. The maximum atomic E-state index is 12.8. The first-order valence-electron chi connectivity index (χ1n) is 10.3. The van der Waals surface area contributed by atoms with Gasteiger partial charge in [-0.05, 0) is 38.3 Å². The molecule has 154 valence electrons. The molecule has 0 atom stereocenters. The van der Waals surface area contributed by atoms with E-state index in [1.165, 1.54) is 0 Å². The van der Waals surface area contributed by atoms with Crippen LogP contribution in [0.2, 0.25) is 0 Å². The summed E-state index contributed by atoms with van der Waals surface area (Å²) in [4.78, 5) is 15.1. The van der Waals surface area contributed by atoms with Gasteiger partial charge in [-0.1, -0.05) is 11.6 Å². The molecule has 0 unspecified atom stereocenters. The summed E-state index contributed by atoms with van der Waals surface area (Å²) < 4.78 is 15.4. The second-order valence-electron chi connectivity index (χ2n) is 8.31. The average Bonchev–Trinajstić information content (AvgIpc) is 3.05. The fourth-order valence-corrected chi connectivity index (χ4v) is 4.59. The number of fused-ring (bicyclic) bond motifs is 3. The molecule has 2 aromatic heterocycles. The van der Waals surface area contributed by atoms with Gasteiger partial charge in [-0.15, -0.1) is 10.2 Å². The van der Waals surface area contributed by atoms with Crippen LogP contribution in [0.15, 0.2) is 23.0 Å². The van der Waals surface area contributed by atoms with E-state index in [0.717, 1.165) is 69.1 Å². The van der Waals surface area contributed by atoms with E-state index in [1.807, 2.05) is 29.5 Å². The average molecular weight is 397 g/mol. The van der Waals surface area contributed by atoms with Crippen molar-refractivity contribution in [1.82, 2.24) is 24.1 Å². The molecule has 3 aromatic rings. The zero-order valence-corrected chi connectivity index (χ0v) is 17.1. The van der Waals surface area contributed by atoms with Crippen LogP contribution >= 0.6 is 0 Å². The Labute approximate surface area is 169 Å². The first kappa shape index (κ1) is 18.7. The Morgan fingerprint density at radius 2 is 1.93 bits per heavy atom. The van der Waals surface area contributed by atoms with Crippen LogP contribution in [0.3, 0.4) is 0 Å². The molecule has 8 heteroatoms. The second kappa shape index (κ2) is 7.19. The Kier molecular flexibility index (Phi) is 4.64. The number of hydrogen-bond acceptors (Lipinski definition) is 6. The highest BCUT2D eigenvalue weighted by molar-refractivity contribution is 5.81. The van der Waals surface area contributed by atoms with E-state index in [-0.39, 0.29) is 11.2 Å². The van der Waals surface area contributed by atoms with Crippen molar-refractivity contribution < 1.29 is 9.47 Å². The number of aryl methyl sites for hydroxylation is 2. The minimum Gasteiger partial charge on any atom is -0.381 e. The minimum absolute atomic E-state index is 0.0337. The summed E-state index contributed by atoms with van der Waals surface area (Å²) in [6.45, 7) is 6.79. The van der Waals surface area contributed by atoms with Crippen molar-refractivity contribution >= 4 is 16.7 Å². The van der Waals surface area contributed by atoms with Crippen LogP contribution in [-0.4, -0.2) is 62.6 Å². The highest BCUT2D eigenvalue weighted by atomic mass is 16.5. The quantitative estimate of drug-likeness (QED) is 0.655. The van der Waals surface area contributed by atoms with Crippen molar-refractivity contribution in [2.75, 3.05) is 32.9 Å². The van der Waals surface area contributed by atoms with E-state index < -0.39 is 0 Å². The molecule has 1 spiro atoms. The van der Waals surface area contributed by atoms with E-state index in [0.29, 0.717) is 17.7 Å². The number of nitrogens with zero attached hydrogens (tertiary/aromatic N) is 5. The predicted molar refractivity (Wildman–Crippen MR) is 109 cm³/mol. The molecule has 2 aliphatic heterocycles. The molecule has 1 aromatic carbocycles. The molecule has 0 radical (unpaired) electrons. The van der Waals surface area contributed by atoms with E-state index >= 15 is 0 Å². The lowest BCUT2D eigenvalue weighted by atomic mass is 9.90. The van der Waals surface area contributed by atoms with Crippen LogP contribution in [0.25, 0.3) is 16.7 Å². The van der Waals surface area contributed by atoms with Crippen molar-refractivity contribution in [2.45, 2.75) is 38.3 Å². The van der Waals surface area contributed by atoms with Crippen molar-refractivity contribution in [3.8, 4) is 0 Å². The van der Waals surface area contributed by atoms with Gasteiger partial charge in [0.2, 0.25) is 5.78 Å². The van der Waals surface area contributed by atoms with Gasteiger partial charge in [-0.2, -0.15) is 0 Å². The Morgan fingerprint density at radius 3 is 2.76 bits per heavy atom. The molecule has 2 saturated heterocycles. The summed E-state index contributed by atoms with van der Waals surface area (Å²) in [6.07, 6.45) is 2.95. The predicted octanol–water partition coefficient (Wildman–Crippen LogP) is 1.66. The van der Waals surface area contributed by atoms with Gasteiger partial charge in [0.1, 0.15) is 0 Å². The van der Waals surface area contributed by atoms with E-state index in [9.17, 15) is 4.79 Å². The first-order chi connectivity index (χ1) is 14.1. The van der Waals surface area contributed by atoms with E-state index in [4.69, 9.17) is 9.47 Å². The maximum Gasteiger partial charge on any atom is 0.262 e. The Morgan fingerprint density at radius 1 is 1.10 bits per heavy atom. The fraction of sp³-hybridized carbons (Fsp3) is 0.571. The third kappa shape index (κ3) is 3.25. The topological polar surface area (TPSA) is 73.9 Å². The lowest BCUT2D eigenvalue weighted by molar-refractivity contribution is -0.105. The van der Waals surface area contributed by atoms with Gasteiger partial charge in [-0.3, -0.25) is 18.7 Å². The highest BCUT2D eigenvalue weighted by Gasteiger charge is 2.35. The number of ether oxygens (including phenoxy) is 2. The molecular weight excluding hydrogens is 370 g/mol. The smallest absolute Gasteiger partial charge is 0.262 e. The lowest BCUT2D eigenvalue weighted by Gasteiger charge is -2.35. The summed E-state index contributed by atoms with van der Waals surface area (Å²) >= 11 is 0. The summed E-state index contributed by atoms with van der Waals surface area (Å²) in [5.41, 5.74) is 1.85. The zero-order valence-electron chi connectivity index (χ0n) is 17.1. The summed E-state index contributed by atoms with van der Waals surface area (Å²) in [5, 5.41) is 9.47. The minimum atomic E-state index is -0.0419. The van der Waals surface area contributed by atoms with Crippen molar-refractivity contribution in [1.29, 1.82) is 0 Å². The number of hydrogen-bond donors (Lipinski definition) is 0. The summed E-state index contributed by atoms with van der Waals surface area (Å²) in [5.74, 6) is 1.43. The highest BCUT2D eigenvalue weighted by Crippen LogP contribution is 2.31. The molecular formula is C21H27N5O3. The van der Waals surface area contributed by atoms with Gasteiger partial charge in [0, 0.05) is 33.4 Å². The van der Waals surface area contributed by atoms with Gasteiger partial charge in [0.15, 0.2) is 5.82 Å². The Balaban J connectivity index is 1.48. The second-order valence-corrected chi connectivity index (χ2v) is 8.31. The number of benzene rings is 1. The van der Waals surface area contributed by atoms with Gasteiger partial charge < -0.3 is 9.47 Å². The van der Waals surface area contributed by atoms with E-state index in [1.54, 1.807) is 11.6 Å². The molecule has 29 heavy (non-hydrogen) atoms. The molecule has 5 rings (SSSR count). The van der Waals surface area contributed by atoms with Crippen molar-refractivity contribution in [2.24, 2.45) is 7.05 Å². The Bertz CT molecular complexity index is 1110. The molecule has 0 aliphatic carbocycles.